The summed E-state index contributed by atoms with van der Waals surface area (Å²) in [6.07, 6.45) is 3.46. The molecular weight excluding hydrogens is 284 g/mol. The van der Waals surface area contributed by atoms with Gasteiger partial charge in [-0.3, -0.25) is 9.59 Å². The van der Waals surface area contributed by atoms with Gasteiger partial charge in [0.2, 0.25) is 11.8 Å². The zero-order valence-electron chi connectivity index (χ0n) is 12.4. The zero-order valence-corrected chi connectivity index (χ0v) is 12.4. The second-order valence-corrected chi connectivity index (χ2v) is 5.52. The summed E-state index contributed by atoms with van der Waals surface area (Å²) in [6.45, 7) is 3.09. The van der Waals surface area contributed by atoms with Crippen LogP contribution in [0.15, 0.2) is 33.7 Å². The second kappa shape index (κ2) is 6.13. The maximum atomic E-state index is 12.4. The van der Waals surface area contributed by atoms with Crippen LogP contribution in [-0.4, -0.2) is 38.6 Å². The molecule has 1 atom stereocenters. The number of rotatable bonds is 3. The number of piperidine rings is 1. The Hall–Kier alpha value is -2.44. The Labute approximate surface area is 127 Å². The van der Waals surface area contributed by atoms with Gasteiger partial charge in [-0.2, -0.15) is 4.98 Å². The van der Waals surface area contributed by atoms with Crippen LogP contribution in [0.4, 0.5) is 0 Å². The summed E-state index contributed by atoms with van der Waals surface area (Å²) >= 11 is 0. The highest BCUT2D eigenvalue weighted by atomic mass is 16.5. The highest BCUT2D eigenvalue weighted by molar-refractivity contribution is 5.76. The van der Waals surface area contributed by atoms with E-state index in [4.69, 9.17) is 4.52 Å². The lowest BCUT2D eigenvalue weighted by atomic mass is 9.97. The summed E-state index contributed by atoms with van der Waals surface area (Å²) in [5.74, 6) is 1.24. The molecule has 0 N–H and O–H groups in total. The molecule has 2 aromatic heterocycles. The minimum atomic E-state index is -0.168. The number of carbonyl (C=O) groups is 1. The molecule has 1 fully saturated rings. The van der Waals surface area contributed by atoms with Gasteiger partial charge in [-0.15, -0.1) is 0 Å². The average Bonchev–Trinajstić information content (AvgIpc) is 2.96. The van der Waals surface area contributed by atoms with E-state index in [1.807, 2.05) is 0 Å². The number of likely N-dealkylation sites (tertiary alicyclic amines) is 1. The molecule has 0 aliphatic carbocycles. The van der Waals surface area contributed by atoms with Gasteiger partial charge < -0.3 is 14.0 Å². The lowest BCUT2D eigenvalue weighted by Gasteiger charge is -2.31. The first-order chi connectivity index (χ1) is 10.6. The van der Waals surface area contributed by atoms with E-state index in [0.717, 1.165) is 12.8 Å². The van der Waals surface area contributed by atoms with Gasteiger partial charge in [-0.25, -0.2) is 0 Å². The third kappa shape index (κ3) is 3.08. The molecular formula is C15H18N4O3. The maximum absolute atomic E-state index is 12.4. The molecule has 1 amide bonds. The Morgan fingerprint density at radius 3 is 3.05 bits per heavy atom. The monoisotopic (exact) mass is 302 g/mol. The first kappa shape index (κ1) is 14.5. The van der Waals surface area contributed by atoms with Gasteiger partial charge in [0.25, 0.3) is 5.56 Å². The van der Waals surface area contributed by atoms with Crippen LogP contribution < -0.4 is 5.56 Å². The van der Waals surface area contributed by atoms with Crippen LogP contribution >= 0.6 is 0 Å². The first-order valence-corrected chi connectivity index (χ1v) is 7.37. The topological polar surface area (TPSA) is 81.2 Å². The largest absolute Gasteiger partial charge is 0.340 e. The Bertz CT molecular complexity index is 721. The summed E-state index contributed by atoms with van der Waals surface area (Å²) < 4.78 is 6.44. The quantitative estimate of drug-likeness (QED) is 0.843. The van der Waals surface area contributed by atoms with Crippen molar-refractivity contribution >= 4 is 5.91 Å². The lowest BCUT2D eigenvalue weighted by molar-refractivity contribution is -0.133. The van der Waals surface area contributed by atoms with Crippen molar-refractivity contribution in [2.45, 2.75) is 32.2 Å². The minimum absolute atomic E-state index is 0.0572. The van der Waals surface area contributed by atoms with Crippen LogP contribution in [0.2, 0.25) is 0 Å². The normalized spacial score (nSPS) is 18.4. The maximum Gasteiger partial charge on any atom is 0.250 e. The number of amides is 1. The van der Waals surface area contributed by atoms with Crippen molar-refractivity contribution in [2.24, 2.45) is 0 Å². The Kier molecular flexibility index (Phi) is 4.04. The van der Waals surface area contributed by atoms with Crippen molar-refractivity contribution < 1.29 is 9.32 Å². The van der Waals surface area contributed by atoms with Crippen LogP contribution in [0.3, 0.4) is 0 Å². The fourth-order valence-corrected chi connectivity index (χ4v) is 2.73. The molecule has 0 bridgehead atoms. The van der Waals surface area contributed by atoms with E-state index >= 15 is 0 Å². The molecule has 3 heterocycles. The summed E-state index contributed by atoms with van der Waals surface area (Å²) in [5, 5.41) is 3.95. The van der Waals surface area contributed by atoms with Crippen molar-refractivity contribution in [1.29, 1.82) is 0 Å². The van der Waals surface area contributed by atoms with Crippen molar-refractivity contribution in [2.75, 3.05) is 13.1 Å². The Morgan fingerprint density at radius 2 is 2.32 bits per heavy atom. The number of hydrogen-bond acceptors (Lipinski definition) is 5. The molecule has 116 valence electrons. The molecule has 3 rings (SSSR count). The average molecular weight is 302 g/mol. The van der Waals surface area contributed by atoms with E-state index in [0.29, 0.717) is 24.8 Å². The molecule has 22 heavy (non-hydrogen) atoms. The lowest BCUT2D eigenvalue weighted by Crippen LogP contribution is -2.42. The van der Waals surface area contributed by atoms with Gasteiger partial charge in [-0.1, -0.05) is 11.2 Å². The SMILES string of the molecule is Cc1nc([C@H]2CCCN(C(=O)Cn3ccccc3=O)C2)no1. The predicted octanol–water partition coefficient (Wildman–Crippen LogP) is 0.946. The number of carbonyl (C=O) groups excluding carboxylic acids is 1. The third-order valence-corrected chi connectivity index (χ3v) is 3.89. The van der Waals surface area contributed by atoms with Gasteiger partial charge in [-0.05, 0) is 18.9 Å². The van der Waals surface area contributed by atoms with Crippen LogP contribution in [0.25, 0.3) is 0 Å². The summed E-state index contributed by atoms with van der Waals surface area (Å²) in [4.78, 5) is 30.1. The number of aryl methyl sites for hydroxylation is 1. The number of hydrogen-bond donors (Lipinski definition) is 0. The van der Waals surface area contributed by atoms with E-state index in [-0.39, 0.29) is 23.9 Å². The molecule has 0 aromatic carbocycles. The van der Waals surface area contributed by atoms with E-state index in [1.54, 1.807) is 30.2 Å². The molecule has 0 radical (unpaired) electrons. The van der Waals surface area contributed by atoms with E-state index < -0.39 is 0 Å². The van der Waals surface area contributed by atoms with Crippen molar-refractivity contribution in [3.05, 3.63) is 46.5 Å². The molecule has 1 aliphatic heterocycles. The first-order valence-electron chi connectivity index (χ1n) is 7.37. The molecule has 0 saturated carbocycles. The van der Waals surface area contributed by atoms with Gasteiger partial charge in [0.1, 0.15) is 6.54 Å². The number of nitrogens with zero attached hydrogens (tertiary/aromatic N) is 4. The van der Waals surface area contributed by atoms with E-state index in [2.05, 4.69) is 10.1 Å². The van der Waals surface area contributed by atoms with Crippen LogP contribution in [0, 0.1) is 6.92 Å². The van der Waals surface area contributed by atoms with Crippen molar-refractivity contribution in [3.63, 3.8) is 0 Å². The van der Waals surface area contributed by atoms with Crippen molar-refractivity contribution in [1.82, 2.24) is 19.6 Å². The molecule has 0 spiro atoms. The molecule has 0 unspecified atom stereocenters. The molecule has 2 aromatic rings. The van der Waals surface area contributed by atoms with Gasteiger partial charge in [0, 0.05) is 38.2 Å². The van der Waals surface area contributed by atoms with Gasteiger partial charge in [0.05, 0.1) is 0 Å². The van der Waals surface area contributed by atoms with Gasteiger partial charge >= 0.3 is 0 Å². The fraction of sp³-hybridized carbons (Fsp3) is 0.467. The minimum Gasteiger partial charge on any atom is -0.340 e. The van der Waals surface area contributed by atoms with Crippen LogP contribution in [0.1, 0.15) is 30.5 Å². The van der Waals surface area contributed by atoms with Gasteiger partial charge in [0.15, 0.2) is 5.82 Å². The van der Waals surface area contributed by atoms with Crippen molar-refractivity contribution in [3.8, 4) is 0 Å². The smallest absolute Gasteiger partial charge is 0.250 e. The highest BCUT2D eigenvalue weighted by Crippen LogP contribution is 2.24. The second-order valence-electron chi connectivity index (χ2n) is 5.52. The molecule has 7 heteroatoms. The van der Waals surface area contributed by atoms with Crippen LogP contribution in [-0.2, 0) is 11.3 Å². The summed E-state index contributed by atoms with van der Waals surface area (Å²) in [7, 11) is 0. The number of aromatic nitrogens is 3. The standard InChI is InChI=1S/C15H18N4O3/c1-11-16-15(17-22-11)12-5-4-8-18(9-12)14(21)10-19-7-3-2-6-13(19)20/h2-3,6-7,12H,4-5,8-10H2,1H3/t12-/m0/s1. The van der Waals surface area contributed by atoms with E-state index in [9.17, 15) is 9.59 Å². The summed E-state index contributed by atoms with van der Waals surface area (Å²) in [5.41, 5.74) is -0.168. The molecule has 1 saturated heterocycles. The molecule has 1 aliphatic rings. The predicted molar refractivity (Wildman–Crippen MR) is 78.3 cm³/mol. The Balaban J connectivity index is 1.68. The Morgan fingerprint density at radius 1 is 1.45 bits per heavy atom. The van der Waals surface area contributed by atoms with E-state index in [1.165, 1.54) is 10.6 Å². The zero-order chi connectivity index (χ0) is 15.5. The molecule has 7 nitrogen and oxygen atoms in total. The van der Waals surface area contributed by atoms with Crippen LogP contribution in [0.5, 0.6) is 0 Å². The third-order valence-electron chi connectivity index (χ3n) is 3.89. The number of pyridine rings is 1. The highest BCUT2D eigenvalue weighted by Gasteiger charge is 2.27. The summed E-state index contributed by atoms with van der Waals surface area (Å²) in [6, 6.07) is 4.86. The fourth-order valence-electron chi connectivity index (χ4n) is 2.73.